The molecule has 1 heteroatoms. The van der Waals surface area contributed by atoms with Crippen LogP contribution in [0.15, 0.2) is 24.3 Å². The van der Waals surface area contributed by atoms with E-state index in [0.29, 0.717) is 12.1 Å². The Balaban J connectivity index is 1.76. The van der Waals surface area contributed by atoms with Crippen LogP contribution in [0.3, 0.4) is 0 Å². The summed E-state index contributed by atoms with van der Waals surface area (Å²) < 4.78 is 0. The lowest BCUT2D eigenvalue weighted by atomic mass is 9.87. The molecule has 1 aromatic carbocycles. The van der Waals surface area contributed by atoms with E-state index in [1.807, 2.05) is 0 Å². The monoisotopic (exact) mass is 215 g/mol. The van der Waals surface area contributed by atoms with Crippen molar-refractivity contribution in [1.29, 1.82) is 0 Å². The highest BCUT2D eigenvalue weighted by molar-refractivity contribution is 5.32. The van der Waals surface area contributed by atoms with E-state index in [9.17, 15) is 0 Å². The Hall–Kier alpha value is -0.820. The number of aryl methyl sites for hydroxylation is 1. The van der Waals surface area contributed by atoms with E-state index < -0.39 is 0 Å². The third-order valence-corrected chi connectivity index (χ3v) is 4.16. The molecule has 16 heavy (non-hydrogen) atoms. The zero-order chi connectivity index (χ0) is 11.0. The molecule has 0 aliphatic heterocycles. The van der Waals surface area contributed by atoms with Crippen molar-refractivity contribution in [1.82, 2.24) is 5.32 Å². The third-order valence-electron chi connectivity index (χ3n) is 4.16. The molecule has 1 aromatic rings. The fourth-order valence-corrected chi connectivity index (χ4v) is 2.98. The largest absolute Gasteiger partial charge is 0.307 e. The van der Waals surface area contributed by atoms with Gasteiger partial charge in [0.1, 0.15) is 0 Å². The van der Waals surface area contributed by atoms with Crippen molar-refractivity contribution in [2.24, 2.45) is 5.92 Å². The van der Waals surface area contributed by atoms with Gasteiger partial charge >= 0.3 is 0 Å². The second-order valence-electron chi connectivity index (χ2n) is 5.44. The Bertz CT molecular complexity index is 367. The third kappa shape index (κ3) is 2.01. The van der Waals surface area contributed by atoms with Crippen LogP contribution in [0.2, 0.25) is 0 Å². The van der Waals surface area contributed by atoms with Crippen molar-refractivity contribution in [3.8, 4) is 0 Å². The average molecular weight is 215 g/mol. The van der Waals surface area contributed by atoms with E-state index in [1.54, 1.807) is 11.1 Å². The summed E-state index contributed by atoms with van der Waals surface area (Å²) in [5.41, 5.74) is 3.12. The van der Waals surface area contributed by atoms with Crippen LogP contribution in [0.5, 0.6) is 0 Å². The molecule has 3 rings (SSSR count). The minimum atomic E-state index is 0.612. The van der Waals surface area contributed by atoms with Gasteiger partial charge in [0.2, 0.25) is 0 Å². The van der Waals surface area contributed by atoms with Crippen LogP contribution in [0.1, 0.15) is 49.8 Å². The van der Waals surface area contributed by atoms with Crippen molar-refractivity contribution in [2.45, 2.75) is 51.1 Å². The van der Waals surface area contributed by atoms with Crippen LogP contribution in [-0.4, -0.2) is 6.04 Å². The molecule has 0 heterocycles. The van der Waals surface area contributed by atoms with Gasteiger partial charge in [0.25, 0.3) is 0 Å². The maximum Gasteiger partial charge on any atom is 0.0325 e. The van der Waals surface area contributed by atoms with Crippen LogP contribution in [0.4, 0.5) is 0 Å². The van der Waals surface area contributed by atoms with Gasteiger partial charge in [-0.1, -0.05) is 24.3 Å². The summed E-state index contributed by atoms with van der Waals surface area (Å²) in [4.78, 5) is 0. The molecular formula is C15H21N. The molecule has 0 bridgehead atoms. The molecule has 1 nitrogen and oxygen atoms in total. The average Bonchev–Trinajstić information content (AvgIpc) is 3.13. The highest BCUT2D eigenvalue weighted by Gasteiger charge is 2.30. The molecule has 2 unspecified atom stereocenters. The molecule has 0 radical (unpaired) electrons. The van der Waals surface area contributed by atoms with Gasteiger partial charge in [-0.2, -0.15) is 0 Å². The van der Waals surface area contributed by atoms with Crippen molar-refractivity contribution in [3.05, 3.63) is 35.4 Å². The fourth-order valence-electron chi connectivity index (χ4n) is 2.98. The number of benzene rings is 1. The topological polar surface area (TPSA) is 12.0 Å². The molecule has 86 valence electrons. The molecule has 0 spiro atoms. The van der Waals surface area contributed by atoms with Gasteiger partial charge in [0, 0.05) is 12.1 Å². The lowest BCUT2D eigenvalue weighted by Crippen LogP contribution is -2.34. The van der Waals surface area contributed by atoms with Crippen LogP contribution in [-0.2, 0) is 6.42 Å². The lowest BCUT2D eigenvalue weighted by Gasteiger charge is -2.29. The van der Waals surface area contributed by atoms with E-state index in [-0.39, 0.29) is 0 Å². The number of nitrogens with one attached hydrogen (secondary N) is 1. The molecule has 1 fully saturated rings. The zero-order valence-corrected chi connectivity index (χ0v) is 10.1. The lowest BCUT2D eigenvalue weighted by molar-refractivity contribution is 0.385. The van der Waals surface area contributed by atoms with Gasteiger partial charge in [0.05, 0.1) is 0 Å². The van der Waals surface area contributed by atoms with Crippen molar-refractivity contribution < 1.29 is 0 Å². The van der Waals surface area contributed by atoms with Crippen LogP contribution >= 0.6 is 0 Å². The predicted octanol–water partition coefficient (Wildman–Crippen LogP) is 3.45. The van der Waals surface area contributed by atoms with Crippen molar-refractivity contribution in [2.75, 3.05) is 0 Å². The number of hydrogen-bond acceptors (Lipinski definition) is 1. The van der Waals surface area contributed by atoms with Gasteiger partial charge in [-0.3, -0.25) is 0 Å². The maximum atomic E-state index is 3.84. The molecule has 1 N–H and O–H groups in total. The van der Waals surface area contributed by atoms with Crippen molar-refractivity contribution in [3.63, 3.8) is 0 Å². The van der Waals surface area contributed by atoms with E-state index in [0.717, 1.165) is 5.92 Å². The van der Waals surface area contributed by atoms with E-state index >= 15 is 0 Å². The molecule has 2 aliphatic carbocycles. The van der Waals surface area contributed by atoms with Crippen LogP contribution < -0.4 is 5.32 Å². The highest BCUT2D eigenvalue weighted by Crippen LogP contribution is 2.36. The van der Waals surface area contributed by atoms with Crippen molar-refractivity contribution >= 4 is 0 Å². The van der Waals surface area contributed by atoms with Crippen LogP contribution in [0.25, 0.3) is 0 Å². The highest BCUT2D eigenvalue weighted by atomic mass is 15.0. The maximum absolute atomic E-state index is 3.84. The minimum Gasteiger partial charge on any atom is -0.307 e. The summed E-state index contributed by atoms with van der Waals surface area (Å²) in [5, 5.41) is 3.84. The van der Waals surface area contributed by atoms with Gasteiger partial charge in [0.15, 0.2) is 0 Å². The van der Waals surface area contributed by atoms with Crippen LogP contribution in [0, 0.1) is 5.92 Å². The fraction of sp³-hybridized carbons (Fsp3) is 0.600. The Kier molecular flexibility index (Phi) is 2.72. The molecule has 0 aromatic heterocycles. The summed E-state index contributed by atoms with van der Waals surface area (Å²) in [6, 6.07) is 10.3. The number of hydrogen-bond donors (Lipinski definition) is 1. The molecule has 1 saturated carbocycles. The number of fused-ring (bicyclic) bond motifs is 1. The smallest absolute Gasteiger partial charge is 0.0325 e. The summed E-state index contributed by atoms with van der Waals surface area (Å²) in [6.45, 7) is 2.36. The Morgan fingerprint density at radius 3 is 2.81 bits per heavy atom. The molecule has 2 aliphatic rings. The Morgan fingerprint density at radius 2 is 2.00 bits per heavy atom. The van der Waals surface area contributed by atoms with E-state index in [4.69, 9.17) is 0 Å². The predicted molar refractivity (Wildman–Crippen MR) is 67.4 cm³/mol. The number of rotatable bonds is 3. The summed E-state index contributed by atoms with van der Waals surface area (Å²) >= 11 is 0. The first-order chi connectivity index (χ1) is 7.84. The quantitative estimate of drug-likeness (QED) is 0.814. The molecule has 0 saturated heterocycles. The first-order valence-corrected chi connectivity index (χ1v) is 6.68. The minimum absolute atomic E-state index is 0.612. The molecule has 0 amide bonds. The van der Waals surface area contributed by atoms with Gasteiger partial charge in [-0.15, -0.1) is 0 Å². The van der Waals surface area contributed by atoms with E-state index in [1.165, 1.54) is 32.1 Å². The Morgan fingerprint density at radius 1 is 1.19 bits per heavy atom. The van der Waals surface area contributed by atoms with E-state index in [2.05, 4.69) is 36.5 Å². The first kappa shape index (κ1) is 10.3. The Labute approximate surface area is 98.3 Å². The SMILES string of the molecule is CC(NC1CCCc2ccccc21)C1CC1. The summed E-state index contributed by atoms with van der Waals surface area (Å²) in [7, 11) is 0. The second-order valence-corrected chi connectivity index (χ2v) is 5.44. The normalized spacial score (nSPS) is 26.2. The molecule has 2 atom stereocenters. The molecular weight excluding hydrogens is 194 g/mol. The van der Waals surface area contributed by atoms with Gasteiger partial charge in [-0.25, -0.2) is 0 Å². The summed E-state index contributed by atoms with van der Waals surface area (Å²) in [5.74, 6) is 0.953. The standard InChI is InChI=1S/C15H21N/c1-11(12-9-10-12)16-15-8-4-6-13-5-2-3-7-14(13)15/h2-3,5,7,11-12,15-16H,4,6,8-10H2,1H3. The first-order valence-electron chi connectivity index (χ1n) is 6.68. The second kappa shape index (κ2) is 4.21. The van der Waals surface area contributed by atoms with Gasteiger partial charge < -0.3 is 5.32 Å². The zero-order valence-electron chi connectivity index (χ0n) is 10.1. The van der Waals surface area contributed by atoms with Gasteiger partial charge in [-0.05, 0) is 56.1 Å². The summed E-state index contributed by atoms with van der Waals surface area (Å²) in [6.07, 6.45) is 6.79.